The molecule has 1 amide bonds. The van der Waals surface area contributed by atoms with E-state index in [-0.39, 0.29) is 24.8 Å². The molecule has 1 unspecified atom stereocenters. The molecule has 25 heavy (non-hydrogen) atoms. The second-order valence-electron chi connectivity index (χ2n) is 7.23. The maximum Gasteiger partial charge on any atom is 0.321 e. The predicted molar refractivity (Wildman–Crippen MR) is 94.6 cm³/mol. The minimum absolute atomic E-state index is 0.0331. The van der Waals surface area contributed by atoms with Gasteiger partial charge in [-0.05, 0) is 32.1 Å². The number of carbonyl (C=O) groups is 2. The van der Waals surface area contributed by atoms with Crippen LogP contribution in [-0.2, 0) is 19.6 Å². The molecule has 1 saturated heterocycles. The van der Waals surface area contributed by atoms with E-state index in [0.29, 0.717) is 25.8 Å². The lowest BCUT2D eigenvalue weighted by Crippen LogP contribution is -2.52. The van der Waals surface area contributed by atoms with E-state index in [2.05, 4.69) is 4.72 Å². The Hall–Kier alpha value is -1.15. The van der Waals surface area contributed by atoms with Crippen LogP contribution in [0.3, 0.4) is 0 Å². The minimum atomic E-state index is -3.77. The van der Waals surface area contributed by atoms with E-state index in [1.807, 2.05) is 6.92 Å². The molecule has 0 aromatic heterocycles. The van der Waals surface area contributed by atoms with Crippen LogP contribution in [0.2, 0.25) is 0 Å². The number of nitrogens with zero attached hydrogens (tertiary/aromatic N) is 1. The minimum Gasteiger partial charge on any atom is -0.480 e. The van der Waals surface area contributed by atoms with Crippen LogP contribution in [0.5, 0.6) is 0 Å². The quantitative estimate of drug-likeness (QED) is 0.673. The normalized spacial score (nSPS) is 23.6. The Kier molecular flexibility index (Phi) is 7.25. The highest BCUT2D eigenvalue weighted by atomic mass is 32.2. The fraction of sp³-hybridized carbons (Fsp3) is 0.882. The lowest BCUT2D eigenvalue weighted by atomic mass is 10.0. The molecule has 2 rings (SSSR count). The van der Waals surface area contributed by atoms with E-state index in [4.69, 9.17) is 0 Å². The third-order valence-corrected chi connectivity index (χ3v) is 7.16. The molecule has 7 nitrogen and oxygen atoms in total. The van der Waals surface area contributed by atoms with Crippen LogP contribution >= 0.6 is 0 Å². The molecule has 2 aliphatic rings. The van der Waals surface area contributed by atoms with Gasteiger partial charge in [0, 0.05) is 19.0 Å². The van der Waals surface area contributed by atoms with Crippen LogP contribution in [0, 0.1) is 5.92 Å². The highest BCUT2D eigenvalue weighted by Gasteiger charge is 2.37. The van der Waals surface area contributed by atoms with Crippen LogP contribution in [0.15, 0.2) is 0 Å². The maximum absolute atomic E-state index is 12.6. The van der Waals surface area contributed by atoms with Crippen LogP contribution in [0.25, 0.3) is 0 Å². The average Bonchev–Trinajstić information content (AvgIpc) is 3.12. The van der Waals surface area contributed by atoms with Crippen LogP contribution in [-0.4, -0.2) is 54.7 Å². The summed E-state index contributed by atoms with van der Waals surface area (Å²) >= 11 is 0. The van der Waals surface area contributed by atoms with Crippen molar-refractivity contribution < 1.29 is 23.1 Å². The summed E-state index contributed by atoms with van der Waals surface area (Å²) in [5.41, 5.74) is 0. The predicted octanol–water partition coefficient (Wildman–Crippen LogP) is 1.73. The zero-order chi connectivity index (χ0) is 18.4. The average molecular weight is 375 g/mol. The van der Waals surface area contributed by atoms with Crippen molar-refractivity contribution in [3.8, 4) is 0 Å². The smallest absolute Gasteiger partial charge is 0.321 e. The summed E-state index contributed by atoms with van der Waals surface area (Å²) in [6, 6.07) is -1.09. The lowest BCUT2D eigenvalue weighted by molar-refractivity contribution is -0.139. The van der Waals surface area contributed by atoms with Crippen molar-refractivity contribution in [1.29, 1.82) is 0 Å². The fourth-order valence-corrected chi connectivity index (χ4v) is 5.42. The molecule has 0 spiro atoms. The van der Waals surface area contributed by atoms with Crippen molar-refractivity contribution in [2.24, 2.45) is 5.92 Å². The van der Waals surface area contributed by atoms with Crippen LogP contribution < -0.4 is 4.72 Å². The molecule has 0 bridgehead atoms. The zero-order valence-corrected chi connectivity index (χ0v) is 15.8. The summed E-state index contributed by atoms with van der Waals surface area (Å²) in [5, 5.41) is 8.53. The molecule has 0 aromatic rings. The number of hydrogen-bond donors (Lipinski definition) is 2. The van der Waals surface area contributed by atoms with Gasteiger partial charge < -0.3 is 10.0 Å². The number of piperidine rings is 1. The first-order chi connectivity index (χ1) is 11.8. The topological polar surface area (TPSA) is 104 Å². The first-order valence-electron chi connectivity index (χ1n) is 9.38. The Morgan fingerprint density at radius 3 is 2.48 bits per heavy atom. The Balaban J connectivity index is 2.00. The summed E-state index contributed by atoms with van der Waals surface area (Å²) in [4.78, 5) is 25.6. The van der Waals surface area contributed by atoms with Crippen molar-refractivity contribution in [2.75, 3.05) is 13.1 Å². The Morgan fingerprint density at radius 1 is 1.20 bits per heavy atom. The van der Waals surface area contributed by atoms with E-state index in [1.165, 1.54) is 0 Å². The van der Waals surface area contributed by atoms with Gasteiger partial charge in [0.25, 0.3) is 0 Å². The Labute approximate surface area is 150 Å². The highest BCUT2D eigenvalue weighted by Crippen LogP contribution is 2.28. The number of carboxylic acids is 1. The summed E-state index contributed by atoms with van der Waals surface area (Å²) in [6.45, 7) is 2.70. The summed E-state index contributed by atoms with van der Waals surface area (Å²) in [5.74, 6) is -1.05. The molecule has 2 atom stereocenters. The molecule has 1 aliphatic heterocycles. The standard InChI is InChI=1S/C17H30N2O5S/c1-2-3-10-15(17(21)22)18-25(23,24)14-9-6-11-19(12-14)16(20)13-7-4-5-8-13/h13-15,18H,2-12H2,1H3,(H,21,22)/t14?,15-/m0/s1. The van der Waals surface area contributed by atoms with Crippen molar-refractivity contribution >= 4 is 21.9 Å². The van der Waals surface area contributed by atoms with Gasteiger partial charge in [-0.3, -0.25) is 9.59 Å². The number of carboxylic acid groups (broad SMARTS) is 1. The third-order valence-electron chi connectivity index (χ3n) is 5.28. The largest absolute Gasteiger partial charge is 0.480 e. The van der Waals surface area contributed by atoms with Crippen molar-refractivity contribution in [3.63, 3.8) is 0 Å². The van der Waals surface area contributed by atoms with E-state index in [0.717, 1.165) is 32.1 Å². The molecule has 8 heteroatoms. The third kappa shape index (κ3) is 5.41. The number of unbranched alkanes of at least 4 members (excludes halogenated alkanes) is 1. The van der Waals surface area contributed by atoms with Crippen molar-refractivity contribution in [1.82, 2.24) is 9.62 Å². The van der Waals surface area contributed by atoms with Gasteiger partial charge in [0.15, 0.2) is 0 Å². The number of hydrogen-bond acceptors (Lipinski definition) is 4. The number of aliphatic carboxylic acids is 1. The summed E-state index contributed by atoms with van der Waals surface area (Å²) < 4.78 is 27.6. The van der Waals surface area contributed by atoms with Gasteiger partial charge in [-0.1, -0.05) is 32.6 Å². The second-order valence-corrected chi connectivity index (χ2v) is 9.22. The van der Waals surface area contributed by atoms with Gasteiger partial charge >= 0.3 is 5.97 Å². The lowest BCUT2D eigenvalue weighted by Gasteiger charge is -2.34. The number of amides is 1. The first-order valence-corrected chi connectivity index (χ1v) is 10.9. The number of carbonyl (C=O) groups excluding carboxylic acids is 1. The fourth-order valence-electron chi connectivity index (χ4n) is 3.76. The first kappa shape index (κ1) is 20.2. The van der Waals surface area contributed by atoms with Crippen LogP contribution in [0.1, 0.15) is 64.7 Å². The van der Waals surface area contributed by atoms with E-state index >= 15 is 0 Å². The molecule has 2 fully saturated rings. The van der Waals surface area contributed by atoms with Crippen molar-refractivity contribution in [2.45, 2.75) is 76.0 Å². The zero-order valence-electron chi connectivity index (χ0n) is 14.9. The Morgan fingerprint density at radius 2 is 1.88 bits per heavy atom. The SMILES string of the molecule is CCCC[C@H](NS(=O)(=O)C1CCCN(C(=O)C2CCCC2)C1)C(=O)O. The molecule has 144 valence electrons. The highest BCUT2D eigenvalue weighted by molar-refractivity contribution is 7.90. The molecule has 1 heterocycles. The molecular weight excluding hydrogens is 344 g/mol. The summed E-state index contributed by atoms with van der Waals surface area (Å²) in [6.07, 6.45) is 6.74. The van der Waals surface area contributed by atoms with E-state index in [9.17, 15) is 23.1 Å². The van der Waals surface area contributed by atoms with Gasteiger partial charge in [0.2, 0.25) is 15.9 Å². The van der Waals surface area contributed by atoms with Gasteiger partial charge in [-0.25, -0.2) is 13.1 Å². The van der Waals surface area contributed by atoms with E-state index < -0.39 is 27.3 Å². The molecular formula is C17H30N2O5S. The second kappa shape index (κ2) is 8.98. The van der Waals surface area contributed by atoms with Gasteiger partial charge in [-0.2, -0.15) is 0 Å². The summed E-state index contributed by atoms with van der Waals surface area (Å²) in [7, 11) is -3.77. The van der Waals surface area contributed by atoms with Gasteiger partial charge in [-0.15, -0.1) is 0 Å². The molecule has 1 saturated carbocycles. The van der Waals surface area contributed by atoms with Crippen LogP contribution in [0.4, 0.5) is 0 Å². The maximum atomic E-state index is 12.6. The molecule has 0 aromatic carbocycles. The molecule has 1 aliphatic carbocycles. The number of likely N-dealkylation sites (tertiary alicyclic amines) is 1. The monoisotopic (exact) mass is 374 g/mol. The number of sulfonamides is 1. The van der Waals surface area contributed by atoms with Gasteiger partial charge in [0.05, 0.1) is 5.25 Å². The number of rotatable bonds is 8. The van der Waals surface area contributed by atoms with Crippen molar-refractivity contribution in [3.05, 3.63) is 0 Å². The molecule has 0 radical (unpaired) electrons. The Bertz CT molecular complexity index is 572. The molecule has 2 N–H and O–H groups in total. The van der Waals surface area contributed by atoms with Gasteiger partial charge in [0.1, 0.15) is 6.04 Å². The van der Waals surface area contributed by atoms with E-state index in [1.54, 1.807) is 4.90 Å². The number of nitrogens with one attached hydrogen (secondary N) is 1.